The molecule has 4 aromatic rings. The fraction of sp³-hybridized carbons (Fsp3) is 0.241. The highest BCUT2D eigenvalue weighted by Crippen LogP contribution is 2.31. The molecule has 13 heteroatoms. The van der Waals surface area contributed by atoms with Gasteiger partial charge in [0.1, 0.15) is 5.75 Å². The van der Waals surface area contributed by atoms with Crippen molar-refractivity contribution in [3.63, 3.8) is 0 Å². The third-order valence-corrected chi connectivity index (χ3v) is 9.58. The van der Waals surface area contributed by atoms with E-state index in [1.165, 1.54) is 50.1 Å². The number of thioether (sulfide) groups is 1. The number of carbonyl (C=O) groups is 2. The van der Waals surface area contributed by atoms with Gasteiger partial charge in [0.2, 0.25) is 15.9 Å². The fourth-order valence-electron chi connectivity index (χ4n) is 4.62. The lowest BCUT2D eigenvalue weighted by molar-refractivity contribution is -0.116. The van der Waals surface area contributed by atoms with Gasteiger partial charge < -0.3 is 15.0 Å². The van der Waals surface area contributed by atoms with Crippen molar-refractivity contribution < 1.29 is 22.7 Å². The van der Waals surface area contributed by atoms with Gasteiger partial charge in [-0.15, -0.1) is 10.2 Å². The van der Waals surface area contributed by atoms with E-state index in [0.29, 0.717) is 34.5 Å². The standard InChI is InChI=1S/C29H30N6O5S2/c1-33(2)42(38,39)22-14-12-21(13-15-22)28(37)30-18-26-31-32-29(35(26)24-10-6-7-11-25(24)40-3)41-19-27(36)34-17-16-20-8-4-5-9-23(20)34/h4-15H,16-19H2,1-3H3,(H,30,37). The second-order valence-corrected chi connectivity index (χ2v) is 12.7. The number of sulfonamides is 1. The van der Waals surface area contributed by atoms with Gasteiger partial charge in [0.15, 0.2) is 11.0 Å². The van der Waals surface area contributed by atoms with Crippen molar-refractivity contribution in [2.24, 2.45) is 0 Å². The minimum Gasteiger partial charge on any atom is -0.495 e. The summed E-state index contributed by atoms with van der Waals surface area (Å²) in [4.78, 5) is 28.0. The van der Waals surface area contributed by atoms with Crippen molar-refractivity contribution in [2.45, 2.75) is 23.0 Å². The topological polar surface area (TPSA) is 127 Å². The molecule has 0 saturated heterocycles. The SMILES string of the molecule is COc1ccccc1-n1c(CNC(=O)c2ccc(S(=O)(=O)N(C)C)cc2)nnc1SCC(=O)N1CCc2ccccc21. The van der Waals surface area contributed by atoms with Crippen LogP contribution in [0, 0.1) is 0 Å². The molecule has 1 N–H and O–H groups in total. The molecule has 2 amide bonds. The largest absolute Gasteiger partial charge is 0.495 e. The number of hydrogen-bond donors (Lipinski definition) is 1. The molecule has 0 aliphatic carbocycles. The van der Waals surface area contributed by atoms with Gasteiger partial charge in [-0.2, -0.15) is 0 Å². The number of hydrogen-bond acceptors (Lipinski definition) is 8. The molecule has 0 fully saturated rings. The van der Waals surface area contributed by atoms with Gasteiger partial charge in [0.25, 0.3) is 5.91 Å². The molecule has 0 spiro atoms. The molecule has 11 nitrogen and oxygen atoms in total. The van der Waals surface area contributed by atoms with Crippen LogP contribution in [0.2, 0.25) is 0 Å². The number of benzene rings is 3. The number of carbonyl (C=O) groups excluding carboxylic acids is 2. The van der Waals surface area contributed by atoms with Crippen molar-refractivity contribution in [2.75, 3.05) is 38.4 Å². The van der Waals surface area contributed by atoms with Gasteiger partial charge in [-0.1, -0.05) is 42.1 Å². The van der Waals surface area contributed by atoms with E-state index in [1.807, 2.05) is 48.5 Å². The number of rotatable bonds is 10. The summed E-state index contributed by atoms with van der Waals surface area (Å²) < 4.78 is 33.1. The Morgan fingerprint density at radius 1 is 0.976 bits per heavy atom. The Morgan fingerprint density at radius 3 is 2.38 bits per heavy atom. The first-order valence-corrected chi connectivity index (χ1v) is 15.5. The number of fused-ring (bicyclic) bond motifs is 1. The monoisotopic (exact) mass is 606 g/mol. The van der Waals surface area contributed by atoms with Crippen molar-refractivity contribution >= 4 is 39.3 Å². The van der Waals surface area contributed by atoms with Gasteiger partial charge in [0.05, 0.1) is 30.0 Å². The predicted molar refractivity (Wildman–Crippen MR) is 160 cm³/mol. The van der Waals surface area contributed by atoms with Crippen LogP contribution in [0.4, 0.5) is 5.69 Å². The van der Waals surface area contributed by atoms with Crippen LogP contribution in [0.25, 0.3) is 5.69 Å². The van der Waals surface area contributed by atoms with Gasteiger partial charge in [0, 0.05) is 31.9 Å². The minimum absolute atomic E-state index is 0.0234. The number of aromatic nitrogens is 3. The smallest absolute Gasteiger partial charge is 0.251 e. The maximum atomic E-state index is 13.2. The first-order valence-electron chi connectivity index (χ1n) is 13.1. The average molecular weight is 607 g/mol. The molecule has 0 saturated carbocycles. The number of methoxy groups -OCH3 is 1. The molecule has 5 rings (SSSR count). The summed E-state index contributed by atoms with van der Waals surface area (Å²) >= 11 is 1.26. The van der Waals surface area contributed by atoms with Crippen LogP contribution in [-0.2, 0) is 27.8 Å². The molecule has 0 radical (unpaired) electrons. The van der Waals surface area contributed by atoms with E-state index < -0.39 is 15.9 Å². The first kappa shape index (κ1) is 29.3. The summed E-state index contributed by atoms with van der Waals surface area (Å²) in [5.41, 5.74) is 3.04. The molecule has 0 unspecified atom stereocenters. The Balaban J connectivity index is 1.35. The lowest BCUT2D eigenvalue weighted by Gasteiger charge is -2.17. The summed E-state index contributed by atoms with van der Waals surface area (Å²) in [6, 6.07) is 20.9. The molecule has 0 atom stereocenters. The van der Waals surface area contributed by atoms with Crippen LogP contribution in [0.1, 0.15) is 21.7 Å². The lowest BCUT2D eigenvalue weighted by Crippen LogP contribution is -2.30. The third kappa shape index (κ3) is 5.89. The molecule has 1 aromatic heterocycles. The second kappa shape index (κ2) is 12.3. The van der Waals surface area contributed by atoms with E-state index in [0.717, 1.165) is 22.0 Å². The number of ether oxygens (including phenoxy) is 1. The van der Waals surface area contributed by atoms with E-state index >= 15 is 0 Å². The van der Waals surface area contributed by atoms with Gasteiger partial charge >= 0.3 is 0 Å². The van der Waals surface area contributed by atoms with E-state index in [9.17, 15) is 18.0 Å². The molecular weight excluding hydrogens is 576 g/mol. The number of anilines is 1. The first-order chi connectivity index (χ1) is 20.2. The average Bonchev–Trinajstić information content (AvgIpc) is 3.62. The molecule has 2 heterocycles. The normalized spacial score (nSPS) is 12.8. The molecule has 0 bridgehead atoms. The van der Waals surface area contributed by atoms with Gasteiger partial charge in [-0.3, -0.25) is 14.2 Å². The number of nitrogens with one attached hydrogen (secondary N) is 1. The maximum absolute atomic E-state index is 13.2. The van der Waals surface area contributed by atoms with Crippen LogP contribution in [0.3, 0.4) is 0 Å². The second-order valence-electron chi connectivity index (χ2n) is 9.61. The molecule has 1 aliphatic heterocycles. The molecular formula is C29H30N6O5S2. The quantitative estimate of drug-likeness (QED) is 0.273. The van der Waals surface area contributed by atoms with Crippen LogP contribution >= 0.6 is 11.8 Å². The predicted octanol–water partition coefficient (Wildman–Crippen LogP) is 3.14. The van der Waals surface area contributed by atoms with Crippen molar-refractivity contribution in [3.05, 3.63) is 89.7 Å². The summed E-state index contributed by atoms with van der Waals surface area (Å²) in [5, 5.41) is 12.0. The van der Waals surface area contributed by atoms with E-state index in [2.05, 4.69) is 15.5 Å². The van der Waals surface area contributed by atoms with E-state index in [4.69, 9.17) is 4.74 Å². The number of nitrogens with zero attached hydrogens (tertiary/aromatic N) is 5. The molecule has 1 aliphatic rings. The highest BCUT2D eigenvalue weighted by molar-refractivity contribution is 7.99. The number of amides is 2. The molecule has 42 heavy (non-hydrogen) atoms. The van der Waals surface area contributed by atoms with Crippen LogP contribution in [0.5, 0.6) is 5.75 Å². The van der Waals surface area contributed by atoms with Crippen molar-refractivity contribution in [3.8, 4) is 11.4 Å². The van der Waals surface area contributed by atoms with E-state index in [1.54, 1.807) is 16.6 Å². The summed E-state index contributed by atoms with van der Waals surface area (Å²) in [6.45, 7) is 0.660. The summed E-state index contributed by atoms with van der Waals surface area (Å²) in [6.07, 6.45) is 0.821. The number of para-hydroxylation sites is 3. The highest BCUT2D eigenvalue weighted by Gasteiger charge is 2.26. The molecule has 218 valence electrons. The Hall–Kier alpha value is -4.20. The van der Waals surface area contributed by atoms with E-state index in [-0.39, 0.29) is 23.1 Å². The lowest BCUT2D eigenvalue weighted by atomic mass is 10.2. The zero-order valence-electron chi connectivity index (χ0n) is 23.4. The van der Waals surface area contributed by atoms with Crippen LogP contribution < -0.4 is 15.0 Å². The Labute approximate surface area is 248 Å². The van der Waals surface area contributed by atoms with Gasteiger partial charge in [-0.25, -0.2) is 12.7 Å². The Morgan fingerprint density at radius 2 is 1.67 bits per heavy atom. The summed E-state index contributed by atoms with van der Waals surface area (Å²) in [7, 11) is 0.846. The minimum atomic E-state index is -3.61. The van der Waals surface area contributed by atoms with Crippen molar-refractivity contribution in [1.29, 1.82) is 0 Å². The van der Waals surface area contributed by atoms with Crippen molar-refractivity contribution in [1.82, 2.24) is 24.4 Å². The van der Waals surface area contributed by atoms with Gasteiger partial charge in [-0.05, 0) is 54.4 Å². The zero-order chi connectivity index (χ0) is 29.9. The van der Waals surface area contributed by atoms with Crippen LogP contribution in [0.15, 0.2) is 82.8 Å². The van der Waals surface area contributed by atoms with Crippen LogP contribution in [-0.4, -0.2) is 72.8 Å². The third-order valence-electron chi connectivity index (χ3n) is 6.84. The Bertz CT molecular complexity index is 1720. The molecule has 3 aromatic carbocycles. The zero-order valence-corrected chi connectivity index (χ0v) is 25.0. The highest BCUT2D eigenvalue weighted by atomic mass is 32.2. The Kier molecular flexibility index (Phi) is 8.61. The summed E-state index contributed by atoms with van der Waals surface area (Å²) in [5.74, 6) is 0.714. The fourth-order valence-corrected chi connectivity index (χ4v) is 6.36. The maximum Gasteiger partial charge on any atom is 0.251 e.